The van der Waals surface area contributed by atoms with Crippen LogP contribution < -0.4 is 15.4 Å². The molecule has 152 valence electrons. The molecule has 8 heteroatoms. The Morgan fingerprint density at radius 3 is 2.40 bits per heavy atom. The molecule has 0 saturated heterocycles. The number of nitrogens with one attached hydrogen (secondary N) is 3. The van der Waals surface area contributed by atoms with Crippen molar-refractivity contribution < 1.29 is 14.3 Å². The third-order valence-corrected chi connectivity index (χ3v) is 5.52. The van der Waals surface area contributed by atoms with Gasteiger partial charge in [-0.1, -0.05) is 59.9 Å². The number of nitrogens with zero attached hydrogens (tertiary/aromatic N) is 1. The minimum Gasteiger partial charge on any atom is -0.399 e. The van der Waals surface area contributed by atoms with Gasteiger partial charge in [0.2, 0.25) is 0 Å². The van der Waals surface area contributed by atoms with Crippen LogP contribution in [0.2, 0.25) is 0 Å². The second kappa shape index (κ2) is 8.00. The molecule has 0 fully saturated rings. The Kier molecular flexibility index (Phi) is 5.24. The lowest BCUT2D eigenvalue weighted by molar-refractivity contribution is 0.102. The highest BCUT2D eigenvalue weighted by atomic mass is 32.1. The van der Waals surface area contributed by atoms with Gasteiger partial charge in [-0.25, -0.2) is 4.79 Å². The van der Waals surface area contributed by atoms with Crippen molar-refractivity contribution in [1.29, 1.82) is 0 Å². The van der Waals surface area contributed by atoms with Crippen LogP contribution in [0.15, 0.2) is 66.7 Å². The van der Waals surface area contributed by atoms with Gasteiger partial charge in [0.25, 0.3) is 5.91 Å². The number of hydrogen-bond donors (Lipinski definition) is 3. The maximum Gasteiger partial charge on any atom is 0.414 e. The van der Waals surface area contributed by atoms with Gasteiger partial charge in [-0.2, -0.15) is 5.10 Å². The summed E-state index contributed by atoms with van der Waals surface area (Å²) < 4.78 is 5.47. The van der Waals surface area contributed by atoms with E-state index >= 15 is 0 Å². The Hall–Kier alpha value is -3.65. The third-order valence-electron chi connectivity index (χ3n) is 4.61. The third kappa shape index (κ3) is 4.18. The molecule has 0 aliphatic carbocycles. The molecule has 2 aromatic carbocycles. The van der Waals surface area contributed by atoms with Crippen molar-refractivity contribution in [2.45, 2.75) is 19.4 Å². The van der Waals surface area contributed by atoms with Gasteiger partial charge >= 0.3 is 6.09 Å². The van der Waals surface area contributed by atoms with Crippen LogP contribution in [0.3, 0.4) is 0 Å². The highest BCUT2D eigenvalue weighted by Gasteiger charge is 2.24. The minimum absolute atomic E-state index is 0.264. The second-order valence-corrected chi connectivity index (χ2v) is 8.22. The van der Waals surface area contributed by atoms with Crippen molar-refractivity contribution in [3.8, 4) is 5.06 Å². The predicted molar refractivity (Wildman–Crippen MR) is 117 cm³/mol. The summed E-state index contributed by atoms with van der Waals surface area (Å²) in [5.74, 6) is 0.120. The Morgan fingerprint density at radius 2 is 1.70 bits per heavy atom. The molecule has 0 saturated carbocycles. The number of amides is 2. The summed E-state index contributed by atoms with van der Waals surface area (Å²) in [5, 5.41) is 13.7. The number of rotatable bonds is 5. The first kappa shape index (κ1) is 19.7. The summed E-state index contributed by atoms with van der Waals surface area (Å²) in [6.07, 6.45) is -0.560. The molecule has 0 radical (unpaired) electrons. The van der Waals surface area contributed by atoms with Crippen molar-refractivity contribution >= 4 is 39.4 Å². The van der Waals surface area contributed by atoms with Gasteiger partial charge in [0.15, 0.2) is 10.9 Å². The molecule has 3 N–H and O–H groups in total. The van der Waals surface area contributed by atoms with E-state index in [4.69, 9.17) is 4.74 Å². The monoisotopic (exact) mass is 420 g/mol. The molecule has 0 atom stereocenters. The van der Waals surface area contributed by atoms with Crippen molar-refractivity contribution in [2.24, 2.45) is 0 Å². The molecule has 7 nitrogen and oxygen atoms in total. The van der Waals surface area contributed by atoms with Crippen LogP contribution in [0.5, 0.6) is 5.06 Å². The van der Waals surface area contributed by atoms with Crippen LogP contribution in [0.4, 0.5) is 10.6 Å². The lowest BCUT2D eigenvalue weighted by Gasteiger charge is -2.26. The number of anilines is 1. The minimum atomic E-state index is -0.590. The average Bonchev–Trinajstić information content (AvgIpc) is 3.30. The van der Waals surface area contributed by atoms with Crippen molar-refractivity contribution in [3.05, 3.63) is 77.9 Å². The van der Waals surface area contributed by atoms with Gasteiger partial charge in [-0.15, -0.1) is 0 Å². The Bertz CT molecular complexity index is 1180. The first-order chi connectivity index (χ1) is 14.4. The maximum absolute atomic E-state index is 12.4. The predicted octanol–water partition coefficient (Wildman–Crippen LogP) is 4.90. The van der Waals surface area contributed by atoms with Gasteiger partial charge < -0.3 is 15.4 Å². The summed E-state index contributed by atoms with van der Waals surface area (Å²) in [5.41, 5.74) is 0.908. The SMILES string of the molecule is CC(C)(NC(=O)Oc1cc2c(NC(=O)c3ccccc3)n[nH]c2s1)c1ccccc1. The standard InChI is InChI=1S/C22H20N4O3S/c1-22(2,15-11-7-4-8-12-15)24-21(28)29-17-13-16-18(25-26-20(16)30-17)23-19(27)14-9-5-3-6-10-14/h3-13H,1-2H3,(H,24,28)(H2,23,25,26,27). The Morgan fingerprint density at radius 1 is 1.03 bits per heavy atom. The fourth-order valence-corrected chi connectivity index (χ4v) is 3.86. The number of carbonyl (C=O) groups is 2. The molecule has 0 aliphatic rings. The van der Waals surface area contributed by atoms with E-state index in [9.17, 15) is 9.59 Å². The Balaban J connectivity index is 1.45. The first-order valence-corrected chi connectivity index (χ1v) is 10.1. The topological polar surface area (TPSA) is 96.1 Å². The number of aromatic nitrogens is 2. The molecular weight excluding hydrogens is 400 g/mol. The summed E-state index contributed by atoms with van der Waals surface area (Å²) in [6, 6.07) is 20.2. The van der Waals surface area contributed by atoms with E-state index in [-0.39, 0.29) is 5.91 Å². The van der Waals surface area contributed by atoms with E-state index in [1.165, 1.54) is 11.3 Å². The molecule has 4 rings (SSSR count). The normalized spacial score (nSPS) is 11.3. The molecule has 2 aromatic heterocycles. The zero-order valence-electron chi connectivity index (χ0n) is 16.4. The molecule has 0 bridgehead atoms. The van der Waals surface area contributed by atoms with Crippen LogP contribution in [-0.4, -0.2) is 22.2 Å². The number of carbonyl (C=O) groups excluding carboxylic acids is 2. The van der Waals surface area contributed by atoms with Crippen LogP contribution in [0, 0.1) is 0 Å². The second-order valence-electron chi connectivity index (χ2n) is 7.21. The van der Waals surface area contributed by atoms with Crippen molar-refractivity contribution in [1.82, 2.24) is 15.5 Å². The van der Waals surface area contributed by atoms with Gasteiger partial charge in [-0.05, 0) is 31.5 Å². The molecule has 30 heavy (non-hydrogen) atoms. The molecule has 2 amide bonds. The van der Waals surface area contributed by atoms with Crippen LogP contribution >= 0.6 is 11.3 Å². The Labute approximate surface area is 177 Å². The number of benzene rings is 2. The van der Waals surface area contributed by atoms with E-state index in [0.717, 1.165) is 5.56 Å². The van der Waals surface area contributed by atoms with E-state index < -0.39 is 11.6 Å². The fraction of sp³-hybridized carbons (Fsp3) is 0.136. The number of H-pyrrole nitrogens is 1. The highest BCUT2D eigenvalue weighted by Crippen LogP contribution is 2.34. The lowest BCUT2D eigenvalue weighted by Crippen LogP contribution is -2.42. The molecule has 0 spiro atoms. The summed E-state index contributed by atoms with van der Waals surface area (Å²) in [4.78, 5) is 25.5. The van der Waals surface area contributed by atoms with E-state index in [1.54, 1.807) is 30.3 Å². The number of hydrogen-bond acceptors (Lipinski definition) is 5. The molecule has 4 aromatic rings. The van der Waals surface area contributed by atoms with Crippen molar-refractivity contribution in [3.63, 3.8) is 0 Å². The smallest absolute Gasteiger partial charge is 0.399 e. The largest absolute Gasteiger partial charge is 0.414 e. The number of aromatic amines is 1. The molecule has 0 unspecified atom stereocenters. The average molecular weight is 420 g/mol. The zero-order valence-corrected chi connectivity index (χ0v) is 17.2. The van der Waals surface area contributed by atoms with E-state index in [0.29, 0.717) is 26.7 Å². The van der Waals surface area contributed by atoms with Crippen molar-refractivity contribution in [2.75, 3.05) is 5.32 Å². The summed E-state index contributed by atoms with van der Waals surface area (Å²) in [6.45, 7) is 3.81. The summed E-state index contributed by atoms with van der Waals surface area (Å²) in [7, 11) is 0. The van der Waals surface area contributed by atoms with Crippen LogP contribution in [-0.2, 0) is 5.54 Å². The first-order valence-electron chi connectivity index (χ1n) is 9.32. The maximum atomic E-state index is 12.4. The van der Waals surface area contributed by atoms with Crippen LogP contribution in [0.25, 0.3) is 10.2 Å². The molecule has 2 heterocycles. The lowest BCUT2D eigenvalue weighted by atomic mass is 9.95. The van der Waals surface area contributed by atoms with E-state index in [1.807, 2.05) is 50.2 Å². The fourth-order valence-electron chi connectivity index (χ4n) is 3.01. The number of thiophene rings is 1. The van der Waals surface area contributed by atoms with Crippen LogP contribution in [0.1, 0.15) is 29.8 Å². The van der Waals surface area contributed by atoms with Gasteiger partial charge in [0.1, 0.15) is 4.83 Å². The van der Waals surface area contributed by atoms with Gasteiger partial charge in [0.05, 0.1) is 10.9 Å². The molecule has 0 aliphatic heterocycles. The number of fused-ring (bicyclic) bond motifs is 1. The van der Waals surface area contributed by atoms with Gasteiger partial charge in [0, 0.05) is 11.6 Å². The van der Waals surface area contributed by atoms with Gasteiger partial charge in [-0.3, -0.25) is 9.89 Å². The zero-order chi connectivity index (χ0) is 21.1. The van der Waals surface area contributed by atoms with E-state index in [2.05, 4.69) is 20.8 Å². The quantitative estimate of drug-likeness (QED) is 0.428. The molecular formula is C22H20N4O3S. The summed E-state index contributed by atoms with van der Waals surface area (Å²) >= 11 is 1.24. The number of ether oxygens (including phenoxy) is 1. The highest BCUT2D eigenvalue weighted by molar-refractivity contribution is 7.20.